The molecule has 0 heterocycles. The smallest absolute Gasteiger partial charge is 0.407 e. The van der Waals surface area contributed by atoms with E-state index in [0.29, 0.717) is 0 Å². The van der Waals surface area contributed by atoms with Crippen molar-refractivity contribution in [1.82, 2.24) is 4.90 Å². The van der Waals surface area contributed by atoms with Crippen molar-refractivity contribution in [2.45, 2.75) is 6.92 Å². The summed E-state index contributed by atoms with van der Waals surface area (Å²) in [4.78, 5) is 12.7. The van der Waals surface area contributed by atoms with Crippen LogP contribution in [0.5, 0.6) is 0 Å². The molecule has 0 rings (SSSR count). The molecule has 94 valence electrons. The predicted molar refractivity (Wildman–Crippen MR) is 60.0 cm³/mol. The SMILES string of the molecule is COP(=O)(OC)O/C(C)=C(\Cl)C(=O)N(C)C. The maximum absolute atomic E-state index is 11.6. The number of nitrogens with zero attached hydrogens (tertiary/aromatic N) is 1. The average molecular weight is 272 g/mol. The van der Waals surface area contributed by atoms with E-state index in [4.69, 9.17) is 16.1 Å². The van der Waals surface area contributed by atoms with Gasteiger partial charge in [0.2, 0.25) is 0 Å². The zero-order chi connectivity index (χ0) is 12.9. The normalized spacial score (nSPS) is 13.1. The van der Waals surface area contributed by atoms with Crippen molar-refractivity contribution in [2.75, 3.05) is 28.3 Å². The first kappa shape index (κ1) is 15.4. The fourth-order valence-electron chi connectivity index (χ4n) is 0.704. The molecular weight excluding hydrogens is 257 g/mol. The van der Waals surface area contributed by atoms with Crippen molar-refractivity contribution in [3.63, 3.8) is 0 Å². The van der Waals surface area contributed by atoms with Crippen LogP contribution in [0.1, 0.15) is 6.92 Å². The summed E-state index contributed by atoms with van der Waals surface area (Å²) in [5.41, 5.74) is 0. The van der Waals surface area contributed by atoms with Gasteiger partial charge in [-0.2, -0.15) is 0 Å². The van der Waals surface area contributed by atoms with Crippen molar-refractivity contribution in [1.29, 1.82) is 0 Å². The molecule has 0 fully saturated rings. The van der Waals surface area contributed by atoms with E-state index in [1.807, 2.05) is 0 Å². The molecule has 0 aliphatic carbocycles. The monoisotopic (exact) mass is 271 g/mol. The van der Waals surface area contributed by atoms with E-state index in [1.54, 1.807) is 0 Å². The number of allylic oxidation sites excluding steroid dienone is 1. The zero-order valence-electron chi connectivity index (χ0n) is 9.81. The van der Waals surface area contributed by atoms with E-state index in [1.165, 1.54) is 40.1 Å². The molecule has 0 spiro atoms. The van der Waals surface area contributed by atoms with Crippen LogP contribution in [0.25, 0.3) is 0 Å². The summed E-state index contributed by atoms with van der Waals surface area (Å²) < 4.78 is 25.5. The molecule has 0 aromatic rings. The summed E-state index contributed by atoms with van der Waals surface area (Å²) in [5.74, 6) is -0.481. The van der Waals surface area contributed by atoms with Crippen LogP contribution in [0.3, 0.4) is 0 Å². The number of hydrogen-bond acceptors (Lipinski definition) is 5. The molecule has 8 heteroatoms. The summed E-state index contributed by atoms with van der Waals surface area (Å²) in [6.07, 6.45) is 0. The Kier molecular flexibility index (Phi) is 6.04. The lowest BCUT2D eigenvalue weighted by atomic mass is 10.4. The second-order valence-electron chi connectivity index (χ2n) is 2.97. The lowest BCUT2D eigenvalue weighted by Crippen LogP contribution is -2.22. The molecule has 0 aliphatic heterocycles. The fourth-order valence-corrected chi connectivity index (χ4v) is 1.69. The lowest BCUT2D eigenvalue weighted by Gasteiger charge is -2.16. The van der Waals surface area contributed by atoms with Gasteiger partial charge in [0.25, 0.3) is 5.91 Å². The minimum atomic E-state index is -3.67. The highest BCUT2D eigenvalue weighted by molar-refractivity contribution is 7.48. The number of carbonyl (C=O) groups is 1. The Hall–Kier alpha value is -0.550. The highest BCUT2D eigenvalue weighted by Crippen LogP contribution is 2.50. The Morgan fingerprint density at radius 1 is 1.25 bits per heavy atom. The van der Waals surface area contributed by atoms with Gasteiger partial charge in [0.1, 0.15) is 10.8 Å². The van der Waals surface area contributed by atoms with Crippen LogP contribution in [0.4, 0.5) is 0 Å². The highest BCUT2D eigenvalue weighted by Gasteiger charge is 2.27. The summed E-state index contributed by atoms with van der Waals surface area (Å²) in [5, 5.41) is -0.181. The number of phosphoric ester groups is 1. The van der Waals surface area contributed by atoms with E-state index in [9.17, 15) is 9.36 Å². The van der Waals surface area contributed by atoms with Crippen LogP contribution in [0.2, 0.25) is 0 Å². The topological polar surface area (TPSA) is 65.1 Å². The first-order valence-corrected chi connectivity index (χ1v) is 6.10. The quantitative estimate of drug-likeness (QED) is 0.434. The number of rotatable bonds is 5. The van der Waals surface area contributed by atoms with Crippen molar-refractivity contribution < 1.29 is 22.9 Å². The molecule has 1 amide bonds. The van der Waals surface area contributed by atoms with Crippen LogP contribution >= 0.6 is 19.4 Å². The third kappa shape index (κ3) is 4.14. The van der Waals surface area contributed by atoms with E-state index in [0.717, 1.165) is 0 Å². The molecular formula is C8H15ClNO5P. The van der Waals surface area contributed by atoms with Gasteiger partial charge in [0.15, 0.2) is 0 Å². The van der Waals surface area contributed by atoms with Gasteiger partial charge in [-0.3, -0.25) is 13.8 Å². The minimum Gasteiger partial charge on any atom is -0.407 e. The number of likely N-dealkylation sites (N-methyl/N-ethyl adjacent to an activating group) is 1. The highest BCUT2D eigenvalue weighted by atomic mass is 35.5. The molecule has 0 bridgehead atoms. The van der Waals surface area contributed by atoms with Gasteiger partial charge in [-0.1, -0.05) is 11.6 Å². The molecule has 16 heavy (non-hydrogen) atoms. The first-order chi connectivity index (χ1) is 7.27. The molecule has 0 aromatic heterocycles. The molecule has 0 aromatic carbocycles. The Labute approximate surface area is 99.7 Å². The van der Waals surface area contributed by atoms with Gasteiger partial charge in [-0.05, 0) is 6.92 Å². The molecule has 0 atom stereocenters. The number of carbonyl (C=O) groups excluding carboxylic acids is 1. The van der Waals surface area contributed by atoms with E-state index < -0.39 is 13.7 Å². The standard InChI is InChI=1S/C8H15ClNO5P/c1-6(7(9)8(11)10(2)3)15-16(12,13-4)14-5/h1-5H3/b7-6-. The summed E-state index contributed by atoms with van der Waals surface area (Å²) in [7, 11) is 1.72. The predicted octanol–water partition coefficient (Wildman–Crippen LogP) is 1.96. The molecule has 0 aliphatic rings. The van der Waals surface area contributed by atoms with Gasteiger partial charge in [-0.25, -0.2) is 4.57 Å². The minimum absolute atomic E-state index is 0.0209. The fraction of sp³-hybridized carbons (Fsp3) is 0.625. The second kappa shape index (κ2) is 6.25. The van der Waals surface area contributed by atoms with Gasteiger partial charge in [0, 0.05) is 28.3 Å². The average Bonchev–Trinajstić information content (AvgIpc) is 2.26. The van der Waals surface area contributed by atoms with E-state index in [2.05, 4.69) is 9.05 Å². The summed E-state index contributed by atoms with van der Waals surface area (Å²) in [6, 6.07) is 0. The van der Waals surface area contributed by atoms with Gasteiger partial charge < -0.3 is 9.42 Å². The number of hydrogen-bond donors (Lipinski definition) is 0. The van der Waals surface area contributed by atoms with Crippen LogP contribution < -0.4 is 0 Å². The van der Waals surface area contributed by atoms with Gasteiger partial charge in [-0.15, -0.1) is 0 Å². The van der Waals surface area contributed by atoms with Crippen LogP contribution in [0.15, 0.2) is 10.8 Å². The molecule has 0 radical (unpaired) electrons. The van der Waals surface area contributed by atoms with E-state index >= 15 is 0 Å². The van der Waals surface area contributed by atoms with Crippen LogP contribution in [-0.2, 0) is 22.9 Å². The van der Waals surface area contributed by atoms with Crippen LogP contribution in [-0.4, -0.2) is 39.1 Å². The Bertz CT molecular complexity index is 333. The zero-order valence-corrected chi connectivity index (χ0v) is 11.5. The Morgan fingerprint density at radius 2 is 1.69 bits per heavy atom. The Balaban J connectivity index is 4.92. The molecule has 0 saturated heterocycles. The van der Waals surface area contributed by atoms with Gasteiger partial charge in [0.05, 0.1) is 0 Å². The maximum Gasteiger partial charge on any atom is 0.529 e. The Morgan fingerprint density at radius 3 is 2.00 bits per heavy atom. The first-order valence-electron chi connectivity index (χ1n) is 4.26. The molecule has 6 nitrogen and oxygen atoms in total. The van der Waals surface area contributed by atoms with Crippen molar-refractivity contribution in [3.05, 3.63) is 10.8 Å². The maximum atomic E-state index is 11.6. The third-order valence-electron chi connectivity index (χ3n) is 1.60. The van der Waals surface area contributed by atoms with Crippen molar-refractivity contribution in [3.8, 4) is 0 Å². The van der Waals surface area contributed by atoms with Gasteiger partial charge >= 0.3 is 7.82 Å². The van der Waals surface area contributed by atoms with Crippen molar-refractivity contribution in [2.24, 2.45) is 0 Å². The number of amides is 1. The molecule has 0 N–H and O–H groups in total. The number of halogens is 1. The van der Waals surface area contributed by atoms with E-state index in [-0.39, 0.29) is 10.8 Å². The van der Waals surface area contributed by atoms with Crippen molar-refractivity contribution >= 4 is 25.3 Å². The molecule has 0 unspecified atom stereocenters. The number of phosphoric acid groups is 1. The summed E-state index contributed by atoms with van der Waals surface area (Å²) in [6.45, 7) is 1.40. The molecule has 0 saturated carbocycles. The third-order valence-corrected chi connectivity index (χ3v) is 3.42. The second-order valence-corrected chi connectivity index (χ2v) is 5.16. The van der Waals surface area contributed by atoms with Crippen LogP contribution in [0, 0.1) is 0 Å². The largest absolute Gasteiger partial charge is 0.529 e. The lowest BCUT2D eigenvalue weighted by molar-refractivity contribution is -0.124. The summed E-state index contributed by atoms with van der Waals surface area (Å²) >= 11 is 5.73.